The van der Waals surface area contributed by atoms with Gasteiger partial charge in [0.1, 0.15) is 5.60 Å². The van der Waals surface area contributed by atoms with Gasteiger partial charge in [-0.3, -0.25) is 9.58 Å². The first-order valence-electron chi connectivity index (χ1n) is 9.07. The molecule has 3 rings (SSSR count). The van der Waals surface area contributed by atoms with E-state index in [1.54, 1.807) is 0 Å². The minimum absolute atomic E-state index is 0.244. The molecular formula is C18H30N4O2. The first-order valence-corrected chi connectivity index (χ1v) is 9.07. The second-order valence-electron chi connectivity index (χ2n) is 8.15. The summed E-state index contributed by atoms with van der Waals surface area (Å²) in [6, 6.07) is 0.244. The average Bonchev–Trinajstić information content (AvgIpc) is 3.15. The summed E-state index contributed by atoms with van der Waals surface area (Å²) >= 11 is 0. The molecule has 1 aromatic rings. The second-order valence-corrected chi connectivity index (χ2v) is 8.15. The monoisotopic (exact) mass is 334 g/mol. The van der Waals surface area contributed by atoms with Gasteiger partial charge in [0.15, 0.2) is 0 Å². The highest BCUT2D eigenvalue weighted by Gasteiger charge is 2.43. The van der Waals surface area contributed by atoms with E-state index in [0.717, 1.165) is 32.6 Å². The number of alkyl carbamates (subject to hydrolysis) is 1. The third kappa shape index (κ3) is 4.09. The van der Waals surface area contributed by atoms with Crippen LogP contribution in [-0.2, 0) is 17.8 Å². The number of hydrogen-bond donors (Lipinski definition) is 1. The zero-order valence-electron chi connectivity index (χ0n) is 15.3. The van der Waals surface area contributed by atoms with Gasteiger partial charge in [-0.2, -0.15) is 5.10 Å². The van der Waals surface area contributed by atoms with Crippen LogP contribution in [0.25, 0.3) is 0 Å². The van der Waals surface area contributed by atoms with E-state index in [2.05, 4.69) is 28.4 Å². The lowest BCUT2D eigenvalue weighted by molar-refractivity contribution is 0.0491. The lowest BCUT2D eigenvalue weighted by Gasteiger charge is -2.25. The van der Waals surface area contributed by atoms with E-state index in [1.165, 1.54) is 12.0 Å². The molecule has 1 saturated heterocycles. The number of nitrogens with one attached hydrogen (secondary N) is 1. The minimum atomic E-state index is -0.441. The van der Waals surface area contributed by atoms with Crippen molar-refractivity contribution in [3.63, 3.8) is 0 Å². The number of rotatable bonds is 4. The van der Waals surface area contributed by atoms with E-state index >= 15 is 0 Å². The standard InChI is InChI=1S/C18H30N4O2/c1-5-22-10-13(8-19-22)9-21-11-14-6-7-16(15(14)12-21)20-17(23)24-18(2,3)4/h8,10,14-16H,5-7,9,11-12H2,1-4H3,(H,20,23)/t14-,15-,16-/m0/s1. The summed E-state index contributed by atoms with van der Waals surface area (Å²) in [5.41, 5.74) is 0.831. The highest BCUT2D eigenvalue weighted by Crippen LogP contribution is 2.38. The van der Waals surface area contributed by atoms with Crippen molar-refractivity contribution >= 4 is 6.09 Å². The maximum absolute atomic E-state index is 12.1. The zero-order valence-corrected chi connectivity index (χ0v) is 15.3. The predicted molar refractivity (Wildman–Crippen MR) is 92.5 cm³/mol. The molecule has 3 atom stereocenters. The molecule has 1 amide bonds. The molecule has 6 nitrogen and oxygen atoms in total. The highest BCUT2D eigenvalue weighted by atomic mass is 16.6. The molecule has 0 radical (unpaired) electrons. The number of carbonyl (C=O) groups excluding carboxylic acids is 1. The Balaban J connectivity index is 1.53. The molecule has 134 valence electrons. The van der Waals surface area contributed by atoms with Gasteiger partial charge < -0.3 is 10.1 Å². The minimum Gasteiger partial charge on any atom is -0.444 e. The molecule has 0 bridgehead atoms. The summed E-state index contributed by atoms with van der Waals surface area (Å²) in [4.78, 5) is 14.5. The van der Waals surface area contributed by atoms with Crippen LogP contribution in [0.2, 0.25) is 0 Å². The predicted octanol–water partition coefficient (Wildman–Crippen LogP) is 2.64. The van der Waals surface area contributed by atoms with Crippen LogP contribution >= 0.6 is 0 Å². The average molecular weight is 334 g/mol. The topological polar surface area (TPSA) is 59.4 Å². The molecule has 2 fully saturated rings. The fourth-order valence-electron chi connectivity index (χ4n) is 4.04. The van der Waals surface area contributed by atoms with Crippen molar-refractivity contribution in [2.45, 2.75) is 65.3 Å². The fourth-order valence-corrected chi connectivity index (χ4v) is 4.04. The quantitative estimate of drug-likeness (QED) is 0.919. The molecule has 1 aromatic heterocycles. The number of aromatic nitrogens is 2. The molecule has 0 spiro atoms. The Morgan fingerprint density at radius 1 is 1.38 bits per heavy atom. The maximum atomic E-state index is 12.1. The van der Waals surface area contributed by atoms with Crippen molar-refractivity contribution in [1.29, 1.82) is 0 Å². The third-order valence-corrected chi connectivity index (χ3v) is 5.05. The Hall–Kier alpha value is -1.56. The van der Waals surface area contributed by atoms with Crippen LogP contribution in [0.15, 0.2) is 12.4 Å². The van der Waals surface area contributed by atoms with Crippen molar-refractivity contribution in [2.24, 2.45) is 11.8 Å². The van der Waals surface area contributed by atoms with Crippen LogP contribution in [0.1, 0.15) is 46.1 Å². The van der Waals surface area contributed by atoms with Crippen molar-refractivity contribution < 1.29 is 9.53 Å². The van der Waals surface area contributed by atoms with E-state index in [0.29, 0.717) is 11.8 Å². The number of likely N-dealkylation sites (tertiary alicyclic amines) is 1. The van der Waals surface area contributed by atoms with Crippen LogP contribution in [0.3, 0.4) is 0 Å². The lowest BCUT2D eigenvalue weighted by atomic mass is 9.98. The third-order valence-electron chi connectivity index (χ3n) is 5.05. The zero-order chi connectivity index (χ0) is 17.3. The van der Waals surface area contributed by atoms with Gasteiger partial charge in [0.25, 0.3) is 0 Å². The maximum Gasteiger partial charge on any atom is 0.407 e. The molecular weight excluding hydrogens is 304 g/mol. The van der Waals surface area contributed by atoms with Gasteiger partial charge in [0.05, 0.1) is 6.20 Å². The van der Waals surface area contributed by atoms with Gasteiger partial charge in [-0.15, -0.1) is 0 Å². The van der Waals surface area contributed by atoms with E-state index in [4.69, 9.17) is 4.74 Å². The molecule has 2 aliphatic rings. The summed E-state index contributed by atoms with van der Waals surface area (Å²) in [5, 5.41) is 7.45. The number of carbonyl (C=O) groups is 1. The largest absolute Gasteiger partial charge is 0.444 e. The number of aryl methyl sites for hydroxylation is 1. The van der Waals surface area contributed by atoms with Crippen molar-refractivity contribution in [1.82, 2.24) is 20.0 Å². The molecule has 24 heavy (non-hydrogen) atoms. The molecule has 6 heteroatoms. The van der Waals surface area contributed by atoms with Gasteiger partial charge in [-0.1, -0.05) is 0 Å². The van der Waals surface area contributed by atoms with Crippen molar-refractivity contribution in [3.05, 3.63) is 18.0 Å². The molecule has 2 heterocycles. The Morgan fingerprint density at radius 3 is 2.83 bits per heavy atom. The number of fused-ring (bicyclic) bond motifs is 1. The van der Waals surface area contributed by atoms with E-state index < -0.39 is 5.60 Å². The van der Waals surface area contributed by atoms with Gasteiger partial charge in [0.2, 0.25) is 0 Å². The van der Waals surface area contributed by atoms with Gasteiger partial charge in [0, 0.05) is 44.0 Å². The number of ether oxygens (including phenoxy) is 1. The molecule has 1 N–H and O–H groups in total. The molecule has 1 aliphatic heterocycles. The van der Waals surface area contributed by atoms with E-state index in [9.17, 15) is 4.79 Å². The normalized spacial score (nSPS) is 27.2. The summed E-state index contributed by atoms with van der Waals surface area (Å²) < 4.78 is 7.38. The summed E-state index contributed by atoms with van der Waals surface area (Å²) in [6.07, 6.45) is 6.07. The van der Waals surface area contributed by atoms with Crippen molar-refractivity contribution in [3.8, 4) is 0 Å². The number of amides is 1. The number of nitrogens with zero attached hydrogens (tertiary/aromatic N) is 3. The molecule has 0 unspecified atom stereocenters. The first kappa shape index (κ1) is 17.3. The summed E-state index contributed by atoms with van der Waals surface area (Å²) in [6.45, 7) is 11.8. The van der Waals surface area contributed by atoms with Gasteiger partial charge in [-0.25, -0.2) is 4.79 Å². The van der Waals surface area contributed by atoms with Gasteiger partial charge >= 0.3 is 6.09 Å². The Bertz CT molecular complexity index is 578. The second kappa shape index (κ2) is 6.75. The summed E-state index contributed by atoms with van der Waals surface area (Å²) in [7, 11) is 0. The molecule has 1 saturated carbocycles. The van der Waals surface area contributed by atoms with E-state index in [1.807, 2.05) is 31.6 Å². The Kier molecular flexibility index (Phi) is 4.85. The van der Waals surface area contributed by atoms with Gasteiger partial charge in [-0.05, 0) is 52.4 Å². The summed E-state index contributed by atoms with van der Waals surface area (Å²) in [5.74, 6) is 1.23. The molecule has 0 aromatic carbocycles. The van der Waals surface area contributed by atoms with Crippen LogP contribution in [0, 0.1) is 11.8 Å². The highest BCUT2D eigenvalue weighted by molar-refractivity contribution is 5.68. The van der Waals surface area contributed by atoms with Crippen LogP contribution in [0.5, 0.6) is 0 Å². The van der Waals surface area contributed by atoms with Crippen LogP contribution in [0.4, 0.5) is 4.79 Å². The van der Waals surface area contributed by atoms with Crippen LogP contribution < -0.4 is 5.32 Å². The SMILES string of the molecule is CCn1cc(CN2C[C@@H]3CC[C@H](NC(=O)OC(C)(C)C)[C@H]3C2)cn1. The molecule has 1 aliphatic carbocycles. The first-order chi connectivity index (χ1) is 11.3. The number of hydrogen-bond acceptors (Lipinski definition) is 4. The van der Waals surface area contributed by atoms with Crippen LogP contribution in [-0.4, -0.2) is 45.5 Å². The lowest BCUT2D eigenvalue weighted by Crippen LogP contribution is -2.42. The Morgan fingerprint density at radius 2 is 2.17 bits per heavy atom. The Labute approximate surface area is 144 Å². The smallest absolute Gasteiger partial charge is 0.407 e. The van der Waals surface area contributed by atoms with Crippen molar-refractivity contribution in [2.75, 3.05) is 13.1 Å². The van der Waals surface area contributed by atoms with E-state index in [-0.39, 0.29) is 12.1 Å². The fraction of sp³-hybridized carbons (Fsp3) is 0.778.